The number of fused-ring (bicyclic) bond motifs is 1. The smallest absolute Gasteiger partial charge is 0.126 e. The minimum atomic E-state index is 0.534. The van der Waals surface area contributed by atoms with Gasteiger partial charge in [0.1, 0.15) is 5.82 Å². The average Bonchev–Trinajstić information content (AvgIpc) is 3.25. The summed E-state index contributed by atoms with van der Waals surface area (Å²) >= 11 is 0. The fourth-order valence-corrected chi connectivity index (χ4v) is 3.12. The van der Waals surface area contributed by atoms with Gasteiger partial charge in [-0.05, 0) is 37.6 Å². The number of hydrogen-bond acceptors (Lipinski definition) is 5. The van der Waals surface area contributed by atoms with Crippen LogP contribution >= 0.6 is 0 Å². The monoisotopic (exact) mass is 308 g/mol. The summed E-state index contributed by atoms with van der Waals surface area (Å²) in [6, 6.07) is 10.1. The molecule has 0 spiro atoms. The molecule has 118 valence electrons. The third-order valence-corrected chi connectivity index (χ3v) is 4.38. The quantitative estimate of drug-likeness (QED) is 0.593. The minimum Gasteiger partial charge on any atom is -0.384 e. The molecule has 1 fully saturated rings. The summed E-state index contributed by atoms with van der Waals surface area (Å²) in [6.45, 7) is 3.14. The molecule has 6 heteroatoms. The Morgan fingerprint density at radius 3 is 3.00 bits per heavy atom. The summed E-state index contributed by atoms with van der Waals surface area (Å²) in [5.41, 5.74) is 9.97. The molecule has 3 heterocycles. The van der Waals surface area contributed by atoms with Gasteiger partial charge >= 0.3 is 0 Å². The van der Waals surface area contributed by atoms with Crippen LogP contribution in [0.1, 0.15) is 6.42 Å². The lowest BCUT2D eigenvalue weighted by molar-refractivity contribution is 0.616. The van der Waals surface area contributed by atoms with Crippen LogP contribution in [0.5, 0.6) is 0 Å². The van der Waals surface area contributed by atoms with Crippen molar-refractivity contribution < 1.29 is 0 Å². The van der Waals surface area contributed by atoms with E-state index in [4.69, 9.17) is 5.73 Å². The molecule has 0 radical (unpaired) electrons. The van der Waals surface area contributed by atoms with Gasteiger partial charge in [-0.1, -0.05) is 12.1 Å². The number of aromatic amines is 1. The number of nitrogens with zero attached hydrogens (tertiary/aromatic N) is 2. The van der Waals surface area contributed by atoms with Crippen LogP contribution in [0.3, 0.4) is 0 Å². The number of hydrogen-bond donors (Lipinski definition) is 4. The summed E-state index contributed by atoms with van der Waals surface area (Å²) in [5.74, 6) is 1.20. The fraction of sp³-hybridized carbons (Fsp3) is 0.294. The lowest BCUT2D eigenvalue weighted by atomic mass is 10.1. The second-order valence-electron chi connectivity index (χ2n) is 6.04. The Kier molecular flexibility index (Phi) is 3.59. The number of aromatic nitrogens is 3. The van der Waals surface area contributed by atoms with Crippen molar-refractivity contribution >= 4 is 22.4 Å². The largest absolute Gasteiger partial charge is 0.384 e. The van der Waals surface area contributed by atoms with Crippen molar-refractivity contribution in [2.45, 2.75) is 6.42 Å². The molecule has 1 saturated heterocycles. The van der Waals surface area contributed by atoms with E-state index in [0.717, 1.165) is 47.5 Å². The number of nitrogens with two attached hydrogens (primary N) is 1. The maximum atomic E-state index is 5.99. The molecule has 3 aromatic rings. The highest BCUT2D eigenvalue weighted by Gasteiger charge is 2.15. The van der Waals surface area contributed by atoms with Crippen molar-refractivity contribution in [3.8, 4) is 11.3 Å². The van der Waals surface area contributed by atoms with Gasteiger partial charge in [0.2, 0.25) is 0 Å². The second-order valence-corrected chi connectivity index (χ2v) is 6.04. The van der Waals surface area contributed by atoms with Gasteiger partial charge in [-0.2, -0.15) is 5.10 Å². The van der Waals surface area contributed by atoms with Gasteiger partial charge in [0.15, 0.2) is 0 Å². The summed E-state index contributed by atoms with van der Waals surface area (Å²) in [5, 5.41) is 15.0. The molecular formula is C17H20N6. The van der Waals surface area contributed by atoms with E-state index >= 15 is 0 Å². The molecule has 0 saturated carbocycles. The Hall–Kier alpha value is -2.60. The zero-order chi connectivity index (χ0) is 15.6. The van der Waals surface area contributed by atoms with Crippen LogP contribution in [0.2, 0.25) is 0 Å². The van der Waals surface area contributed by atoms with Crippen molar-refractivity contribution in [3.05, 3.63) is 36.5 Å². The molecule has 23 heavy (non-hydrogen) atoms. The fourth-order valence-electron chi connectivity index (χ4n) is 3.12. The minimum absolute atomic E-state index is 0.534. The number of H-pyrrole nitrogens is 1. The van der Waals surface area contributed by atoms with E-state index in [9.17, 15) is 0 Å². The average molecular weight is 308 g/mol. The first-order chi connectivity index (χ1) is 11.3. The first-order valence-corrected chi connectivity index (χ1v) is 7.94. The number of nitrogen functional groups attached to an aromatic ring is 1. The highest BCUT2D eigenvalue weighted by Crippen LogP contribution is 2.28. The van der Waals surface area contributed by atoms with E-state index < -0.39 is 0 Å². The lowest BCUT2D eigenvalue weighted by Crippen LogP contribution is -2.17. The Morgan fingerprint density at radius 2 is 2.22 bits per heavy atom. The van der Waals surface area contributed by atoms with Crippen LogP contribution in [0, 0.1) is 5.92 Å². The summed E-state index contributed by atoms with van der Waals surface area (Å²) < 4.78 is 0. The number of benzene rings is 1. The normalized spacial score (nSPS) is 17.7. The first-order valence-electron chi connectivity index (χ1n) is 7.94. The van der Waals surface area contributed by atoms with Crippen LogP contribution in [0.15, 0.2) is 36.5 Å². The first kappa shape index (κ1) is 14.0. The standard InChI is InChI=1S/C17H20N6/c18-17-8-15(20-10-11-3-5-19-9-11)13-2-1-12(7-16(13)22-17)14-4-6-21-23-14/h1-2,4,6-8,11,19H,3,5,9-10H2,(H,21,23)(H3,18,20,22). The molecule has 1 unspecified atom stereocenters. The zero-order valence-electron chi connectivity index (χ0n) is 12.8. The van der Waals surface area contributed by atoms with E-state index in [1.165, 1.54) is 6.42 Å². The Morgan fingerprint density at radius 1 is 1.26 bits per heavy atom. The SMILES string of the molecule is Nc1cc(NCC2CCNC2)c2ccc(-c3ccn[nH]3)cc2n1. The van der Waals surface area contributed by atoms with Crippen molar-refractivity contribution in [2.75, 3.05) is 30.7 Å². The van der Waals surface area contributed by atoms with Gasteiger partial charge in [0, 0.05) is 35.4 Å². The van der Waals surface area contributed by atoms with E-state index in [0.29, 0.717) is 11.7 Å². The predicted octanol–water partition coefficient (Wildman–Crippen LogP) is 2.23. The molecule has 1 atom stereocenters. The summed E-state index contributed by atoms with van der Waals surface area (Å²) in [7, 11) is 0. The van der Waals surface area contributed by atoms with E-state index in [2.05, 4.69) is 37.9 Å². The van der Waals surface area contributed by atoms with Gasteiger partial charge in [0.05, 0.1) is 11.2 Å². The molecule has 1 aliphatic heterocycles. The topological polar surface area (TPSA) is 91.6 Å². The van der Waals surface area contributed by atoms with Crippen LogP contribution in [0.25, 0.3) is 22.2 Å². The Bertz CT molecular complexity index is 805. The second kappa shape index (κ2) is 5.89. The number of pyridine rings is 1. The molecule has 5 N–H and O–H groups in total. The highest BCUT2D eigenvalue weighted by molar-refractivity contribution is 5.95. The summed E-state index contributed by atoms with van der Waals surface area (Å²) in [6.07, 6.45) is 2.96. The van der Waals surface area contributed by atoms with Gasteiger partial charge in [-0.25, -0.2) is 4.98 Å². The molecule has 0 aliphatic carbocycles. The van der Waals surface area contributed by atoms with Gasteiger partial charge in [-0.15, -0.1) is 0 Å². The molecule has 1 aliphatic rings. The van der Waals surface area contributed by atoms with Gasteiger partial charge in [0.25, 0.3) is 0 Å². The number of rotatable bonds is 4. The lowest BCUT2D eigenvalue weighted by Gasteiger charge is -2.14. The van der Waals surface area contributed by atoms with E-state index in [1.54, 1.807) is 6.20 Å². The van der Waals surface area contributed by atoms with Crippen molar-refractivity contribution in [1.29, 1.82) is 0 Å². The van der Waals surface area contributed by atoms with E-state index in [1.807, 2.05) is 18.2 Å². The highest BCUT2D eigenvalue weighted by atomic mass is 15.1. The molecular weight excluding hydrogens is 288 g/mol. The molecule has 1 aromatic carbocycles. The van der Waals surface area contributed by atoms with Crippen LogP contribution in [0.4, 0.5) is 11.5 Å². The molecule has 0 bridgehead atoms. The number of anilines is 2. The van der Waals surface area contributed by atoms with Crippen LogP contribution in [-0.2, 0) is 0 Å². The van der Waals surface area contributed by atoms with Crippen molar-refractivity contribution in [1.82, 2.24) is 20.5 Å². The Balaban J connectivity index is 1.67. The molecule has 4 rings (SSSR count). The maximum absolute atomic E-state index is 5.99. The van der Waals surface area contributed by atoms with Gasteiger partial charge < -0.3 is 16.4 Å². The third-order valence-electron chi connectivity index (χ3n) is 4.38. The predicted molar refractivity (Wildman–Crippen MR) is 93.2 cm³/mol. The van der Waals surface area contributed by atoms with Gasteiger partial charge in [-0.3, -0.25) is 5.10 Å². The number of nitrogens with one attached hydrogen (secondary N) is 3. The molecule has 0 amide bonds. The van der Waals surface area contributed by atoms with Crippen LogP contribution in [-0.4, -0.2) is 34.8 Å². The van der Waals surface area contributed by atoms with E-state index in [-0.39, 0.29) is 0 Å². The van der Waals surface area contributed by atoms with Crippen LogP contribution < -0.4 is 16.4 Å². The summed E-state index contributed by atoms with van der Waals surface area (Å²) in [4.78, 5) is 4.48. The third kappa shape index (κ3) is 2.85. The molecule has 2 aromatic heterocycles. The maximum Gasteiger partial charge on any atom is 0.126 e. The zero-order valence-corrected chi connectivity index (χ0v) is 12.8. The van der Waals surface area contributed by atoms with Crippen molar-refractivity contribution in [2.24, 2.45) is 5.92 Å². The Labute approximate surface area is 134 Å². The van der Waals surface area contributed by atoms with Crippen molar-refractivity contribution in [3.63, 3.8) is 0 Å². The molecule has 6 nitrogen and oxygen atoms in total.